The molecule has 4 nitrogen and oxygen atoms in total. The van der Waals surface area contributed by atoms with Crippen molar-refractivity contribution in [2.24, 2.45) is 0 Å². The molecule has 0 bridgehead atoms. The van der Waals surface area contributed by atoms with Crippen LogP contribution in [0.1, 0.15) is 0 Å². The quantitative estimate of drug-likeness (QED) is 0.786. The van der Waals surface area contributed by atoms with Crippen LogP contribution in [-0.4, -0.2) is 12.3 Å². The molecule has 1 aromatic heterocycles. The second-order valence-corrected chi connectivity index (χ2v) is 2.84. The summed E-state index contributed by atoms with van der Waals surface area (Å²) < 4.78 is 10.0. The zero-order chi connectivity index (χ0) is 9.97. The average Bonchev–Trinajstić information content (AvgIpc) is 2.65. The van der Waals surface area contributed by atoms with Crippen LogP contribution in [0.25, 0.3) is 11.3 Å². The highest BCUT2D eigenvalue weighted by Gasteiger charge is 2.03. The third-order valence-electron chi connectivity index (χ3n) is 1.90. The maximum atomic E-state index is 5.44. The van der Waals surface area contributed by atoms with Crippen molar-refractivity contribution in [3.05, 3.63) is 30.3 Å². The normalized spacial score (nSPS) is 10.1. The standard InChI is InChI=1S/C10H10N2O2/c1-13-8-4-2-7(3-5-8)9-6-10(11)12-14-9/h2-6H,1H3,(H2,11,12). The molecular formula is C10H10N2O2. The zero-order valence-corrected chi connectivity index (χ0v) is 7.73. The summed E-state index contributed by atoms with van der Waals surface area (Å²) in [4.78, 5) is 0. The Morgan fingerprint density at radius 3 is 2.50 bits per heavy atom. The molecule has 0 amide bonds. The Balaban J connectivity index is 2.33. The number of anilines is 1. The number of methoxy groups -OCH3 is 1. The number of nitrogens with zero attached hydrogens (tertiary/aromatic N) is 1. The van der Waals surface area contributed by atoms with Gasteiger partial charge in [0.1, 0.15) is 5.75 Å². The van der Waals surface area contributed by atoms with Crippen LogP contribution in [0.4, 0.5) is 5.82 Å². The largest absolute Gasteiger partial charge is 0.497 e. The van der Waals surface area contributed by atoms with Crippen LogP contribution in [0.3, 0.4) is 0 Å². The summed E-state index contributed by atoms with van der Waals surface area (Å²) in [6, 6.07) is 9.17. The van der Waals surface area contributed by atoms with Gasteiger partial charge in [0.15, 0.2) is 11.6 Å². The molecule has 4 heteroatoms. The Labute approximate surface area is 81.3 Å². The molecule has 2 aromatic rings. The van der Waals surface area contributed by atoms with E-state index < -0.39 is 0 Å². The molecule has 0 aliphatic heterocycles. The van der Waals surface area contributed by atoms with Gasteiger partial charge in [-0.3, -0.25) is 0 Å². The van der Waals surface area contributed by atoms with E-state index in [1.807, 2.05) is 24.3 Å². The summed E-state index contributed by atoms with van der Waals surface area (Å²) in [6.07, 6.45) is 0. The van der Waals surface area contributed by atoms with Crippen molar-refractivity contribution in [3.8, 4) is 17.1 Å². The molecule has 14 heavy (non-hydrogen) atoms. The highest BCUT2D eigenvalue weighted by atomic mass is 16.5. The van der Waals surface area contributed by atoms with Crippen LogP contribution in [-0.2, 0) is 0 Å². The van der Waals surface area contributed by atoms with Gasteiger partial charge in [-0.15, -0.1) is 0 Å². The van der Waals surface area contributed by atoms with Gasteiger partial charge >= 0.3 is 0 Å². The second kappa shape index (κ2) is 3.41. The molecule has 0 saturated carbocycles. The molecule has 2 N–H and O–H groups in total. The van der Waals surface area contributed by atoms with E-state index in [4.69, 9.17) is 15.0 Å². The first-order valence-corrected chi connectivity index (χ1v) is 4.16. The van der Waals surface area contributed by atoms with Crippen LogP contribution in [0.2, 0.25) is 0 Å². The fourth-order valence-corrected chi connectivity index (χ4v) is 1.18. The highest BCUT2D eigenvalue weighted by Crippen LogP contribution is 2.23. The summed E-state index contributed by atoms with van der Waals surface area (Å²) in [5, 5.41) is 3.61. The molecule has 0 fully saturated rings. The van der Waals surface area contributed by atoms with Crippen molar-refractivity contribution in [1.29, 1.82) is 0 Å². The maximum Gasteiger partial charge on any atom is 0.169 e. The van der Waals surface area contributed by atoms with Crippen molar-refractivity contribution in [2.75, 3.05) is 12.8 Å². The molecule has 1 heterocycles. The maximum absolute atomic E-state index is 5.44. The van der Waals surface area contributed by atoms with Gasteiger partial charge in [0.05, 0.1) is 7.11 Å². The number of nitrogens with two attached hydrogens (primary N) is 1. The molecule has 0 spiro atoms. The molecule has 1 aromatic carbocycles. The Kier molecular flexibility index (Phi) is 2.10. The van der Waals surface area contributed by atoms with Crippen molar-refractivity contribution < 1.29 is 9.26 Å². The lowest BCUT2D eigenvalue weighted by Crippen LogP contribution is -1.81. The summed E-state index contributed by atoms with van der Waals surface area (Å²) in [5.41, 5.74) is 6.37. The minimum Gasteiger partial charge on any atom is -0.497 e. The summed E-state index contributed by atoms with van der Waals surface area (Å²) in [6.45, 7) is 0. The van der Waals surface area contributed by atoms with Gasteiger partial charge < -0.3 is 15.0 Å². The number of ether oxygens (including phenoxy) is 1. The number of nitrogen functional groups attached to an aromatic ring is 1. The van der Waals surface area contributed by atoms with E-state index in [-0.39, 0.29) is 0 Å². The fourth-order valence-electron chi connectivity index (χ4n) is 1.18. The van der Waals surface area contributed by atoms with E-state index in [1.165, 1.54) is 0 Å². The lowest BCUT2D eigenvalue weighted by Gasteiger charge is -1.99. The van der Waals surface area contributed by atoms with E-state index in [0.29, 0.717) is 11.6 Å². The minimum absolute atomic E-state index is 0.385. The first kappa shape index (κ1) is 8.62. The van der Waals surface area contributed by atoms with Gasteiger partial charge in [-0.25, -0.2) is 0 Å². The Hall–Kier alpha value is -1.97. The molecule has 2 rings (SSSR count). The van der Waals surface area contributed by atoms with Crippen molar-refractivity contribution >= 4 is 5.82 Å². The van der Waals surface area contributed by atoms with E-state index in [1.54, 1.807) is 13.2 Å². The third-order valence-corrected chi connectivity index (χ3v) is 1.90. The summed E-state index contributed by atoms with van der Waals surface area (Å²) in [7, 11) is 1.63. The van der Waals surface area contributed by atoms with Crippen LogP contribution in [0, 0.1) is 0 Å². The molecule has 0 unspecified atom stereocenters. The van der Waals surface area contributed by atoms with Crippen LogP contribution >= 0.6 is 0 Å². The van der Waals surface area contributed by atoms with Crippen LogP contribution in [0.5, 0.6) is 5.75 Å². The molecule has 0 radical (unpaired) electrons. The highest BCUT2D eigenvalue weighted by molar-refractivity contribution is 5.60. The van der Waals surface area contributed by atoms with Crippen LogP contribution in [0.15, 0.2) is 34.9 Å². The topological polar surface area (TPSA) is 61.3 Å². The van der Waals surface area contributed by atoms with Gasteiger partial charge in [-0.2, -0.15) is 0 Å². The molecule has 0 atom stereocenters. The first-order valence-electron chi connectivity index (χ1n) is 4.16. The molecular weight excluding hydrogens is 180 g/mol. The van der Waals surface area contributed by atoms with Crippen molar-refractivity contribution in [2.45, 2.75) is 0 Å². The Bertz CT molecular complexity index is 420. The lowest BCUT2D eigenvalue weighted by atomic mass is 10.2. The SMILES string of the molecule is COc1ccc(-c2cc(N)no2)cc1. The molecule has 0 aliphatic carbocycles. The summed E-state index contributed by atoms with van der Waals surface area (Å²) in [5.74, 6) is 1.85. The molecule has 72 valence electrons. The van der Waals surface area contributed by atoms with E-state index in [2.05, 4.69) is 5.16 Å². The average molecular weight is 190 g/mol. The van der Waals surface area contributed by atoms with Gasteiger partial charge in [-0.1, -0.05) is 5.16 Å². The predicted octanol–water partition coefficient (Wildman–Crippen LogP) is 1.93. The van der Waals surface area contributed by atoms with Gasteiger partial charge in [0.2, 0.25) is 0 Å². The third kappa shape index (κ3) is 1.54. The van der Waals surface area contributed by atoms with E-state index in [0.717, 1.165) is 11.3 Å². The number of hydrogen-bond donors (Lipinski definition) is 1. The molecule has 0 aliphatic rings. The monoisotopic (exact) mass is 190 g/mol. The van der Waals surface area contributed by atoms with E-state index in [9.17, 15) is 0 Å². The van der Waals surface area contributed by atoms with Gasteiger partial charge in [-0.05, 0) is 24.3 Å². The second-order valence-electron chi connectivity index (χ2n) is 2.84. The van der Waals surface area contributed by atoms with Crippen LogP contribution < -0.4 is 10.5 Å². The summed E-state index contributed by atoms with van der Waals surface area (Å²) >= 11 is 0. The van der Waals surface area contributed by atoms with Crippen molar-refractivity contribution in [1.82, 2.24) is 5.16 Å². The van der Waals surface area contributed by atoms with E-state index >= 15 is 0 Å². The van der Waals surface area contributed by atoms with Gasteiger partial charge in [0.25, 0.3) is 0 Å². The van der Waals surface area contributed by atoms with Crippen molar-refractivity contribution in [3.63, 3.8) is 0 Å². The number of aromatic nitrogens is 1. The smallest absolute Gasteiger partial charge is 0.169 e. The fraction of sp³-hybridized carbons (Fsp3) is 0.100. The number of benzene rings is 1. The van der Waals surface area contributed by atoms with Gasteiger partial charge in [0, 0.05) is 11.6 Å². The first-order chi connectivity index (χ1) is 6.79. The predicted molar refractivity (Wildman–Crippen MR) is 52.9 cm³/mol. The number of hydrogen-bond acceptors (Lipinski definition) is 4. The molecule has 0 saturated heterocycles. The lowest BCUT2D eigenvalue weighted by molar-refractivity contribution is 0.414. The minimum atomic E-state index is 0.385. The Morgan fingerprint density at radius 1 is 1.29 bits per heavy atom. The number of rotatable bonds is 2. The Morgan fingerprint density at radius 2 is 2.00 bits per heavy atom. The zero-order valence-electron chi connectivity index (χ0n) is 7.73.